The van der Waals surface area contributed by atoms with Crippen molar-refractivity contribution in [3.63, 3.8) is 0 Å². The van der Waals surface area contributed by atoms with Crippen LogP contribution in [0.2, 0.25) is 0 Å². The van der Waals surface area contributed by atoms with Crippen LogP contribution in [0, 0.1) is 0 Å². The second-order valence-corrected chi connectivity index (χ2v) is 6.27. The number of hydrogen-bond donors (Lipinski definition) is 1. The van der Waals surface area contributed by atoms with Gasteiger partial charge in [-0.05, 0) is 54.9 Å². The van der Waals surface area contributed by atoms with Gasteiger partial charge in [-0.3, -0.25) is 0 Å². The molecule has 0 radical (unpaired) electrons. The maximum absolute atomic E-state index is 5.86. The van der Waals surface area contributed by atoms with Crippen LogP contribution >= 0.6 is 15.9 Å². The van der Waals surface area contributed by atoms with Gasteiger partial charge in [0.15, 0.2) is 0 Å². The Morgan fingerprint density at radius 2 is 2.30 bits per heavy atom. The van der Waals surface area contributed by atoms with Gasteiger partial charge < -0.3 is 15.0 Å². The van der Waals surface area contributed by atoms with Crippen LogP contribution in [0.25, 0.3) is 0 Å². The third-order valence-electron chi connectivity index (χ3n) is 3.49. The van der Waals surface area contributed by atoms with Crippen LogP contribution in [0.3, 0.4) is 0 Å². The fourth-order valence-corrected chi connectivity index (χ4v) is 2.49. The summed E-state index contributed by atoms with van der Waals surface area (Å²) in [6.07, 6.45) is 5.59. The third-order valence-corrected chi connectivity index (χ3v) is 3.92. The average molecular weight is 342 g/mol. The minimum absolute atomic E-state index is 0.697. The second kappa shape index (κ2) is 7.96. The quantitative estimate of drug-likeness (QED) is 0.701. The Morgan fingerprint density at radius 1 is 1.50 bits per heavy atom. The van der Waals surface area contributed by atoms with Gasteiger partial charge in [0, 0.05) is 35.4 Å². The first kappa shape index (κ1) is 15.7. The molecule has 0 aromatic carbocycles. The van der Waals surface area contributed by atoms with E-state index >= 15 is 0 Å². The molecule has 1 N–H and O–H groups in total. The SMILES string of the molecule is CCCNCc1cc(Br)cnc1OCCN(C)C1CC1. The molecule has 0 unspecified atom stereocenters. The molecular formula is C15H24BrN3O. The van der Waals surface area contributed by atoms with E-state index in [1.165, 1.54) is 12.8 Å². The van der Waals surface area contributed by atoms with Crippen LogP contribution < -0.4 is 10.1 Å². The summed E-state index contributed by atoms with van der Waals surface area (Å²) in [6.45, 7) is 5.63. The first-order valence-electron chi connectivity index (χ1n) is 7.39. The van der Waals surface area contributed by atoms with Gasteiger partial charge in [-0.1, -0.05) is 6.92 Å². The predicted octanol–water partition coefficient (Wildman–Crippen LogP) is 2.82. The van der Waals surface area contributed by atoms with Crippen molar-refractivity contribution in [3.05, 3.63) is 22.3 Å². The molecule has 0 saturated heterocycles. The number of hydrogen-bond acceptors (Lipinski definition) is 4. The Hall–Kier alpha value is -0.650. The molecule has 2 rings (SSSR count). The van der Waals surface area contributed by atoms with Crippen LogP contribution in [0.15, 0.2) is 16.7 Å². The number of nitrogens with one attached hydrogen (secondary N) is 1. The highest BCUT2D eigenvalue weighted by Crippen LogP contribution is 2.25. The van der Waals surface area contributed by atoms with Crippen molar-refractivity contribution in [1.29, 1.82) is 0 Å². The minimum Gasteiger partial charge on any atom is -0.476 e. The smallest absolute Gasteiger partial charge is 0.217 e. The Balaban J connectivity index is 1.84. The lowest BCUT2D eigenvalue weighted by Crippen LogP contribution is -2.26. The predicted molar refractivity (Wildman–Crippen MR) is 85.1 cm³/mol. The highest BCUT2D eigenvalue weighted by atomic mass is 79.9. The molecule has 1 aromatic rings. The summed E-state index contributed by atoms with van der Waals surface area (Å²) in [5, 5.41) is 3.40. The maximum atomic E-state index is 5.86. The molecule has 1 fully saturated rings. The zero-order valence-electron chi connectivity index (χ0n) is 12.4. The average Bonchev–Trinajstić information content (AvgIpc) is 3.25. The van der Waals surface area contributed by atoms with Gasteiger partial charge in [-0.2, -0.15) is 0 Å². The van der Waals surface area contributed by atoms with Gasteiger partial charge >= 0.3 is 0 Å². The molecule has 112 valence electrons. The van der Waals surface area contributed by atoms with Crippen LogP contribution in [-0.4, -0.2) is 42.7 Å². The van der Waals surface area contributed by atoms with Gasteiger partial charge in [0.1, 0.15) is 6.61 Å². The summed E-state index contributed by atoms with van der Waals surface area (Å²) in [7, 11) is 2.17. The minimum atomic E-state index is 0.697. The number of aromatic nitrogens is 1. The molecule has 0 bridgehead atoms. The van der Waals surface area contributed by atoms with Crippen molar-refractivity contribution in [2.75, 3.05) is 26.7 Å². The molecule has 4 nitrogen and oxygen atoms in total. The summed E-state index contributed by atoms with van der Waals surface area (Å²) in [4.78, 5) is 6.76. The lowest BCUT2D eigenvalue weighted by Gasteiger charge is -2.17. The Kier molecular flexibility index (Phi) is 6.26. The summed E-state index contributed by atoms with van der Waals surface area (Å²) in [6, 6.07) is 2.86. The number of pyridine rings is 1. The first-order valence-corrected chi connectivity index (χ1v) is 8.18. The van der Waals surface area contributed by atoms with Crippen LogP contribution in [-0.2, 0) is 6.54 Å². The summed E-state index contributed by atoms with van der Waals surface area (Å²) < 4.78 is 6.85. The molecule has 0 spiro atoms. The van der Waals surface area contributed by atoms with Crippen molar-refractivity contribution in [2.45, 2.75) is 38.8 Å². The molecule has 0 amide bonds. The largest absolute Gasteiger partial charge is 0.476 e. The van der Waals surface area contributed by atoms with E-state index in [0.717, 1.165) is 48.0 Å². The fraction of sp³-hybridized carbons (Fsp3) is 0.667. The highest BCUT2D eigenvalue weighted by molar-refractivity contribution is 9.10. The number of ether oxygens (including phenoxy) is 1. The van der Waals surface area contributed by atoms with E-state index < -0.39 is 0 Å². The van der Waals surface area contributed by atoms with Crippen molar-refractivity contribution >= 4 is 15.9 Å². The third kappa shape index (κ3) is 5.04. The van der Waals surface area contributed by atoms with Crippen molar-refractivity contribution in [3.8, 4) is 5.88 Å². The van der Waals surface area contributed by atoms with Crippen LogP contribution in [0.4, 0.5) is 0 Å². The van der Waals surface area contributed by atoms with E-state index in [0.29, 0.717) is 6.61 Å². The molecule has 0 aliphatic heterocycles. The number of nitrogens with zero attached hydrogens (tertiary/aromatic N) is 2. The lowest BCUT2D eigenvalue weighted by molar-refractivity contribution is 0.224. The molecule has 20 heavy (non-hydrogen) atoms. The number of halogens is 1. The Labute approximate surface area is 130 Å². The maximum Gasteiger partial charge on any atom is 0.217 e. The van der Waals surface area contributed by atoms with Gasteiger partial charge in [-0.15, -0.1) is 0 Å². The summed E-state index contributed by atoms with van der Waals surface area (Å²) in [5.74, 6) is 0.751. The van der Waals surface area contributed by atoms with Crippen molar-refractivity contribution in [2.24, 2.45) is 0 Å². The van der Waals surface area contributed by atoms with E-state index in [2.05, 4.69) is 51.2 Å². The normalized spacial score (nSPS) is 14.8. The molecule has 1 aliphatic rings. The topological polar surface area (TPSA) is 37.4 Å². The van der Waals surface area contributed by atoms with E-state index in [4.69, 9.17) is 4.74 Å². The standard InChI is InChI=1S/C15H24BrN3O/c1-3-6-17-10-12-9-13(16)11-18-15(12)20-8-7-19(2)14-4-5-14/h9,11,14,17H,3-8,10H2,1-2H3. The molecule has 1 aromatic heterocycles. The van der Waals surface area contributed by atoms with E-state index in [1.807, 2.05) is 0 Å². The monoisotopic (exact) mass is 341 g/mol. The Bertz CT molecular complexity index is 424. The first-order chi connectivity index (χ1) is 9.70. The molecule has 1 saturated carbocycles. The molecule has 5 heteroatoms. The summed E-state index contributed by atoms with van der Waals surface area (Å²) in [5.41, 5.74) is 1.11. The number of likely N-dealkylation sites (N-methyl/N-ethyl adjacent to an activating group) is 1. The lowest BCUT2D eigenvalue weighted by atomic mass is 10.2. The van der Waals surface area contributed by atoms with Gasteiger partial charge in [-0.25, -0.2) is 4.98 Å². The zero-order chi connectivity index (χ0) is 14.4. The van der Waals surface area contributed by atoms with Gasteiger partial charge in [0.2, 0.25) is 5.88 Å². The number of rotatable bonds is 9. The van der Waals surface area contributed by atoms with Crippen LogP contribution in [0.1, 0.15) is 31.7 Å². The van der Waals surface area contributed by atoms with Crippen LogP contribution in [0.5, 0.6) is 5.88 Å². The fourth-order valence-electron chi connectivity index (χ4n) is 2.11. The van der Waals surface area contributed by atoms with Crippen molar-refractivity contribution < 1.29 is 4.74 Å². The van der Waals surface area contributed by atoms with Crippen molar-refractivity contribution in [1.82, 2.24) is 15.2 Å². The highest BCUT2D eigenvalue weighted by Gasteiger charge is 2.25. The molecule has 0 atom stereocenters. The Morgan fingerprint density at radius 3 is 3.00 bits per heavy atom. The molecule has 1 aliphatic carbocycles. The van der Waals surface area contributed by atoms with E-state index in [1.54, 1.807) is 6.20 Å². The van der Waals surface area contributed by atoms with E-state index in [-0.39, 0.29) is 0 Å². The molecular weight excluding hydrogens is 318 g/mol. The van der Waals surface area contributed by atoms with E-state index in [9.17, 15) is 0 Å². The second-order valence-electron chi connectivity index (χ2n) is 5.35. The van der Waals surface area contributed by atoms with Gasteiger partial charge in [0.25, 0.3) is 0 Å². The molecule has 1 heterocycles. The zero-order valence-corrected chi connectivity index (χ0v) is 13.9. The summed E-state index contributed by atoms with van der Waals surface area (Å²) >= 11 is 3.47. The van der Waals surface area contributed by atoms with Gasteiger partial charge in [0.05, 0.1) is 0 Å².